The van der Waals surface area contributed by atoms with E-state index in [4.69, 9.17) is 23.7 Å². The zero-order chi connectivity index (χ0) is 25.4. The van der Waals surface area contributed by atoms with E-state index in [1.807, 2.05) is 18.2 Å². The number of aromatic nitrogens is 1. The number of thiazole rings is 1. The number of carbonyl (C=O) groups is 1. The predicted molar refractivity (Wildman–Crippen MR) is 133 cm³/mol. The van der Waals surface area contributed by atoms with Crippen molar-refractivity contribution in [1.82, 2.24) is 4.57 Å². The van der Waals surface area contributed by atoms with E-state index in [0.717, 1.165) is 0 Å². The molecule has 2 aromatic carbocycles. The molecule has 2 aliphatic rings. The van der Waals surface area contributed by atoms with Crippen LogP contribution in [0.3, 0.4) is 0 Å². The largest absolute Gasteiger partial charge is 0.493 e. The first-order chi connectivity index (χ1) is 17.5. The van der Waals surface area contributed by atoms with Crippen LogP contribution in [0, 0.1) is 0 Å². The predicted octanol–water partition coefficient (Wildman–Crippen LogP) is 2.54. The summed E-state index contributed by atoms with van der Waals surface area (Å²) in [5.41, 5.74) is 1.86. The zero-order valence-corrected chi connectivity index (χ0v) is 21.0. The molecule has 0 fully saturated rings. The Labute approximate surface area is 210 Å². The van der Waals surface area contributed by atoms with E-state index in [1.165, 1.54) is 15.9 Å². The Morgan fingerprint density at radius 2 is 2.00 bits per heavy atom. The van der Waals surface area contributed by atoms with Crippen molar-refractivity contribution in [2.24, 2.45) is 4.99 Å². The van der Waals surface area contributed by atoms with Gasteiger partial charge < -0.3 is 23.7 Å². The minimum Gasteiger partial charge on any atom is -0.493 e. The van der Waals surface area contributed by atoms with Gasteiger partial charge in [0, 0.05) is 5.56 Å². The number of allylic oxidation sites excluding steroid dienone is 1. The number of para-hydroxylation sites is 1. The summed E-state index contributed by atoms with van der Waals surface area (Å²) in [6.45, 7) is 3.79. The maximum atomic E-state index is 13.8. The third-order valence-corrected chi connectivity index (χ3v) is 6.93. The first kappa shape index (κ1) is 23.7. The van der Waals surface area contributed by atoms with Crippen molar-refractivity contribution in [3.63, 3.8) is 0 Å². The molecule has 9 nitrogen and oxygen atoms in total. The van der Waals surface area contributed by atoms with E-state index in [9.17, 15) is 9.59 Å². The van der Waals surface area contributed by atoms with E-state index in [2.05, 4.69) is 4.99 Å². The smallest absolute Gasteiger partial charge is 0.338 e. The lowest BCUT2D eigenvalue weighted by Gasteiger charge is -2.24. The van der Waals surface area contributed by atoms with E-state index >= 15 is 0 Å². The quantitative estimate of drug-likeness (QED) is 0.472. The first-order valence-corrected chi connectivity index (χ1v) is 12.1. The maximum absolute atomic E-state index is 13.8. The topological polar surface area (TPSA) is 97.6 Å². The van der Waals surface area contributed by atoms with Crippen LogP contribution in [-0.4, -0.2) is 38.2 Å². The van der Waals surface area contributed by atoms with Crippen LogP contribution < -0.4 is 33.8 Å². The van der Waals surface area contributed by atoms with Crippen molar-refractivity contribution >= 4 is 23.4 Å². The molecular weight excluding hydrogens is 484 g/mol. The highest BCUT2D eigenvalue weighted by molar-refractivity contribution is 7.07. The second-order valence-electron chi connectivity index (χ2n) is 8.00. The second-order valence-corrected chi connectivity index (χ2v) is 9.01. The Kier molecular flexibility index (Phi) is 6.27. The lowest BCUT2D eigenvalue weighted by molar-refractivity contribution is -0.139. The highest BCUT2D eigenvalue weighted by atomic mass is 32.1. The summed E-state index contributed by atoms with van der Waals surface area (Å²) >= 11 is 1.23. The molecule has 1 atom stereocenters. The monoisotopic (exact) mass is 508 g/mol. The Bertz CT molecular complexity index is 1570. The van der Waals surface area contributed by atoms with Gasteiger partial charge >= 0.3 is 5.97 Å². The Morgan fingerprint density at radius 3 is 2.75 bits per heavy atom. The number of benzene rings is 2. The number of hydrogen-bond acceptors (Lipinski definition) is 9. The standard InChI is InChI=1S/C26H24N2O7S/c1-5-33-25(30)21-14(2)27-26-28(22(21)15-9-10-17-19(11-15)35-13-34-17)24(29)20(36-26)12-16-7-6-8-18(31-3)23(16)32-4/h6-12,22H,5,13H2,1-4H3/b20-12-. The van der Waals surface area contributed by atoms with E-state index in [-0.39, 0.29) is 19.0 Å². The SMILES string of the molecule is CCOC(=O)C1=C(C)N=c2s/c(=C\c3cccc(OC)c3OC)c(=O)n2C1c1ccc2c(c1)OCO2. The van der Waals surface area contributed by atoms with Crippen LogP contribution in [0.15, 0.2) is 57.5 Å². The van der Waals surface area contributed by atoms with Gasteiger partial charge in [0.15, 0.2) is 27.8 Å². The van der Waals surface area contributed by atoms with Crippen LogP contribution >= 0.6 is 11.3 Å². The first-order valence-electron chi connectivity index (χ1n) is 11.3. The number of esters is 1. The summed E-state index contributed by atoms with van der Waals surface area (Å²) in [6.07, 6.45) is 1.74. The van der Waals surface area contributed by atoms with Gasteiger partial charge in [0.2, 0.25) is 6.79 Å². The molecule has 186 valence electrons. The molecule has 0 saturated heterocycles. The summed E-state index contributed by atoms with van der Waals surface area (Å²) in [6, 6.07) is 10.1. The van der Waals surface area contributed by atoms with Crippen molar-refractivity contribution in [2.45, 2.75) is 19.9 Å². The third kappa shape index (κ3) is 3.93. The third-order valence-electron chi connectivity index (χ3n) is 5.95. The van der Waals surface area contributed by atoms with Crippen LogP contribution in [0.25, 0.3) is 6.08 Å². The Hall–Kier alpha value is -4.05. The molecule has 0 spiro atoms. The fourth-order valence-corrected chi connectivity index (χ4v) is 5.39. The molecule has 2 aliphatic heterocycles. The minimum atomic E-state index is -0.746. The van der Waals surface area contributed by atoms with Gasteiger partial charge in [0.1, 0.15) is 0 Å². The number of rotatable bonds is 6. The fraction of sp³-hybridized carbons (Fsp3) is 0.269. The zero-order valence-electron chi connectivity index (χ0n) is 20.2. The number of carbonyl (C=O) groups excluding carboxylic acids is 1. The van der Waals surface area contributed by atoms with Gasteiger partial charge in [-0.25, -0.2) is 9.79 Å². The molecule has 0 radical (unpaired) electrons. The van der Waals surface area contributed by atoms with Gasteiger partial charge in [0.25, 0.3) is 5.56 Å². The normalized spacial score (nSPS) is 16.4. The number of ether oxygens (including phenoxy) is 5. The van der Waals surface area contributed by atoms with Crippen molar-refractivity contribution < 1.29 is 28.5 Å². The van der Waals surface area contributed by atoms with E-state index in [0.29, 0.717) is 54.7 Å². The average Bonchev–Trinajstić information content (AvgIpc) is 3.46. The molecule has 0 amide bonds. The van der Waals surface area contributed by atoms with Gasteiger partial charge in [-0.15, -0.1) is 0 Å². The molecule has 10 heteroatoms. The second kappa shape index (κ2) is 9.54. The van der Waals surface area contributed by atoms with Crippen LogP contribution in [0.5, 0.6) is 23.0 Å². The van der Waals surface area contributed by atoms with Crippen LogP contribution in [0.2, 0.25) is 0 Å². The van der Waals surface area contributed by atoms with E-state index in [1.54, 1.807) is 52.3 Å². The van der Waals surface area contributed by atoms with Crippen LogP contribution in [0.4, 0.5) is 0 Å². The molecule has 3 aromatic rings. The van der Waals surface area contributed by atoms with Gasteiger partial charge in [0.05, 0.1) is 42.7 Å². The molecule has 3 heterocycles. The van der Waals surface area contributed by atoms with Crippen molar-refractivity contribution in [3.05, 3.63) is 78.5 Å². The summed E-state index contributed by atoms with van der Waals surface area (Å²) < 4.78 is 29.2. The van der Waals surface area contributed by atoms with Gasteiger partial charge in [-0.05, 0) is 43.7 Å². The van der Waals surface area contributed by atoms with E-state index < -0.39 is 12.0 Å². The molecular formula is C26H24N2O7S. The summed E-state index contributed by atoms with van der Waals surface area (Å²) in [4.78, 5) is 31.9. The highest BCUT2D eigenvalue weighted by Gasteiger charge is 2.34. The number of hydrogen-bond donors (Lipinski definition) is 0. The van der Waals surface area contributed by atoms with Gasteiger partial charge in [-0.2, -0.15) is 0 Å². The number of fused-ring (bicyclic) bond motifs is 2. The number of methoxy groups -OCH3 is 2. The van der Waals surface area contributed by atoms with Gasteiger partial charge in [-0.3, -0.25) is 9.36 Å². The molecule has 0 saturated carbocycles. The lowest BCUT2D eigenvalue weighted by Crippen LogP contribution is -2.39. The summed E-state index contributed by atoms with van der Waals surface area (Å²) in [5.74, 6) is 1.70. The Balaban J connectivity index is 1.73. The average molecular weight is 509 g/mol. The molecule has 1 aromatic heterocycles. The summed E-state index contributed by atoms with van der Waals surface area (Å²) in [7, 11) is 3.10. The molecule has 5 rings (SSSR count). The lowest BCUT2D eigenvalue weighted by atomic mass is 9.95. The van der Waals surface area contributed by atoms with Crippen molar-refractivity contribution in [2.75, 3.05) is 27.6 Å². The van der Waals surface area contributed by atoms with Crippen LogP contribution in [0.1, 0.15) is 31.0 Å². The molecule has 0 bridgehead atoms. The van der Waals surface area contributed by atoms with Gasteiger partial charge in [-0.1, -0.05) is 29.5 Å². The van der Waals surface area contributed by atoms with Crippen molar-refractivity contribution in [3.8, 4) is 23.0 Å². The molecule has 0 aliphatic carbocycles. The minimum absolute atomic E-state index is 0.115. The fourth-order valence-electron chi connectivity index (χ4n) is 4.36. The van der Waals surface area contributed by atoms with Crippen LogP contribution in [-0.2, 0) is 9.53 Å². The molecule has 1 unspecified atom stereocenters. The Morgan fingerprint density at radius 1 is 1.19 bits per heavy atom. The molecule has 0 N–H and O–H groups in total. The number of nitrogens with zero attached hydrogens (tertiary/aromatic N) is 2. The van der Waals surface area contributed by atoms with Crippen molar-refractivity contribution in [1.29, 1.82) is 0 Å². The summed E-state index contributed by atoms with van der Waals surface area (Å²) in [5, 5.41) is 0. The maximum Gasteiger partial charge on any atom is 0.338 e. The molecule has 36 heavy (non-hydrogen) atoms. The highest BCUT2D eigenvalue weighted by Crippen LogP contribution is 2.38.